The van der Waals surface area contributed by atoms with Crippen molar-refractivity contribution in [2.24, 2.45) is 0 Å². The second-order valence-corrected chi connectivity index (χ2v) is 5.70. The van der Waals surface area contributed by atoms with Gasteiger partial charge in [0.25, 0.3) is 11.6 Å². The lowest BCUT2D eigenvalue weighted by Gasteiger charge is -2.08. The number of nitrogens with zero attached hydrogens (tertiary/aromatic N) is 1. The number of nitrogens with one attached hydrogen (secondary N) is 1. The molecule has 0 aliphatic carbocycles. The lowest BCUT2D eigenvalue weighted by atomic mass is 10.1. The number of nitro groups is 1. The van der Waals surface area contributed by atoms with Gasteiger partial charge in [-0.2, -0.15) is 0 Å². The molecule has 0 radical (unpaired) electrons. The molecule has 0 aromatic heterocycles. The number of benzene rings is 2. The number of carbonyl (C=O) groups is 3. The first-order valence-corrected chi connectivity index (χ1v) is 7.89. The third-order valence-electron chi connectivity index (χ3n) is 3.32. The molecule has 2 aromatic carbocycles. The summed E-state index contributed by atoms with van der Waals surface area (Å²) in [7, 11) is 1.07. The molecule has 0 spiro atoms. The number of non-ortho nitro benzene ring substituents is 1. The molecule has 28 heavy (non-hydrogen) atoms. The van der Waals surface area contributed by atoms with E-state index in [1.165, 1.54) is 12.1 Å². The van der Waals surface area contributed by atoms with E-state index in [0.717, 1.165) is 31.4 Å². The van der Waals surface area contributed by atoms with Crippen molar-refractivity contribution in [1.82, 2.24) is 0 Å². The average Bonchev–Trinajstić information content (AvgIpc) is 2.67. The van der Waals surface area contributed by atoms with Crippen LogP contribution >= 0.6 is 11.6 Å². The second-order valence-electron chi connectivity index (χ2n) is 5.27. The highest BCUT2D eigenvalue weighted by Gasteiger charge is 2.20. The number of amides is 1. The summed E-state index contributed by atoms with van der Waals surface area (Å²) in [6.45, 7) is -0.805. The maximum Gasteiger partial charge on any atom is 0.338 e. The minimum Gasteiger partial charge on any atom is -0.465 e. The predicted octanol–water partition coefficient (Wildman–Crippen LogP) is 2.97. The highest BCUT2D eigenvalue weighted by molar-refractivity contribution is 6.30. The topological polar surface area (TPSA) is 125 Å². The van der Waals surface area contributed by atoms with E-state index >= 15 is 0 Å². The van der Waals surface area contributed by atoms with Gasteiger partial charge in [0.1, 0.15) is 5.82 Å². The summed E-state index contributed by atoms with van der Waals surface area (Å²) in [5.41, 5.74) is -1.33. The normalized spacial score (nSPS) is 10.1. The molecule has 0 heterocycles. The number of esters is 2. The Labute approximate surface area is 162 Å². The SMILES string of the molecule is COC(=O)c1cc(C(=O)OCC(=O)Nc2cc(Cl)ccc2F)cc([N+](=O)[O-])c1. The molecular formula is C17H12ClFN2O7. The van der Waals surface area contributed by atoms with Gasteiger partial charge in [0, 0.05) is 17.2 Å². The smallest absolute Gasteiger partial charge is 0.338 e. The van der Waals surface area contributed by atoms with Crippen molar-refractivity contribution in [1.29, 1.82) is 0 Å². The molecule has 9 nitrogen and oxygen atoms in total. The van der Waals surface area contributed by atoms with E-state index < -0.39 is 40.9 Å². The third-order valence-corrected chi connectivity index (χ3v) is 3.56. The van der Waals surface area contributed by atoms with Gasteiger partial charge >= 0.3 is 11.9 Å². The van der Waals surface area contributed by atoms with Crippen molar-refractivity contribution in [2.75, 3.05) is 19.0 Å². The van der Waals surface area contributed by atoms with E-state index in [1.54, 1.807) is 0 Å². The van der Waals surface area contributed by atoms with Crippen LogP contribution in [0.2, 0.25) is 5.02 Å². The van der Waals surface area contributed by atoms with Crippen molar-refractivity contribution < 1.29 is 33.2 Å². The summed E-state index contributed by atoms with van der Waals surface area (Å²) in [6, 6.07) is 6.32. The molecule has 146 valence electrons. The van der Waals surface area contributed by atoms with Crippen molar-refractivity contribution in [2.45, 2.75) is 0 Å². The summed E-state index contributed by atoms with van der Waals surface area (Å²) in [6.07, 6.45) is 0. The van der Waals surface area contributed by atoms with Crippen LogP contribution in [0.5, 0.6) is 0 Å². The first-order chi connectivity index (χ1) is 13.2. The summed E-state index contributed by atoms with van der Waals surface area (Å²) in [5.74, 6) is -3.61. The zero-order chi connectivity index (χ0) is 20.8. The van der Waals surface area contributed by atoms with Gasteiger partial charge in [0.2, 0.25) is 0 Å². The van der Waals surface area contributed by atoms with Gasteiger partial charge in [0.15, 0.2) is 6.61 Å². The van der Waals surface area contributed by atoms with Gasteiger partial charge in [-0.1, -0.05) is 11.6 Å². The monoisotopic (exact) mass is 410 g/mol. The minimum atomic E-state index is -1.10. The zero-order valence-corrected chi connectivity index (χ0v) is 15.0. The van der Waals surface area contributed by atoms with Crippen LogP contribution in [0.4, 0.5) is 15.8 Å². The fraction of sp³-hybridized carbons (Fsp3) is 0.118. The molecule has 1 N–H and O–H groups in total. The largest absolute Gasteiger partial charge is 0.465 e. The Balaban J connectivity index is 2.10. The Morgan fingerprint density at radius 2 is 1.79 bits per heavy atom. The Morgan fingerprint density at radius 3 is 2.39 bits per heavy atom. The molecule has 1 amide bonds. The van der Waals surface area contributed by atoms with Crippen molar-refractivity contribution >= 4 is 40.8 Å². The molecule has 0 saturated heterocycles. The van der Waals surface area contributed by atoms with Gasteiger partial charge in [0.05, 0.1) is 28.8 Å². The van der Waals surface area contributed by atoms with Gasteiger partial charge < -0.3 is 14.8 Å². The number of methoxy groups -OCH3 is 1. The maximum absolute atomic E-state index is 13.6. The zero-order valence-electron chi connectivity index (χ0n) is 14.2. The van der Waals surface area contributed by atoms with Gasteiger partial charge in [-0.3, -0.25) is 14.9 Å². The van der Waals surface area contributed by atoms with Crippen LogP contribution < -0.4 is 5.32 Å². The van der Waals surface area contributed by atoms with Crippen molar-refractivity contribution in [3.8, 4) is 0 Å². The van der Waals surface area contributed by atoms with Crippen molar-refractivity contribution in [3.05, 3.63) is 68.5 Å². The molecule has 0 fully saturated rings. The Morgan fingerprint density at radius 1 is 1.14 bits per heavy atom. The molecule has 0 aliphatic heterocycles. The van der Waals surface area contributed by atoms with Crippen LogP contribution in [0.15, 0.2) is 36.4 Å². The molecule has 0 aliphatic rings. The van der Waals surface area contributed by atoms with Crippen molar-refractivity contribution in [3.63, 3.8) is 0 Å². The number of carbonyl (C=O) groups excluding carboxylic acids is 3. The Kier molecular flexibility index (Phi) is 6.61. The molecule has 0 unspecified atom stereocenters. The maximum atomic E-state index is 13.6. The quantitative estimate of drug-likeness (QED) is 0.441. The lowest BCUT2D eigenvalue weighted by Crippen LogP contribution is -2.21. The predicted molar refractivity (Wildman–Crippen MR) is 94.8 cm³/mol. The Hall–Kier alpha value is -3.53. The summed E-state index contributed by atoms with van der Waals surface area (Å²) >= 11 is 5.70. The van der Waals surface area contributed by atoms with E-state index in [0.29, 0.717) is 0 Å². The first-order valence-electron chi connectivity index (χ1n) is 7.51. The van der Waals surface area contributed by atoms with Crippen LogP contribution in [0, 0.1) is 15.9 Å². The Bertz CT molecular complexity index is 965. The highest BCUT2D eigenvalue weighted by Crippen LogP contribution is 2.20. The lowest BCUT2D eigenvalue weighted by molar-refractivity contribution is -0.384. The van der Waals surface area contributed by atoms with Gasteiger partial charge in [-0.25, -0.2) is 14.0 Å². The van der Waals surface area contributed by atoms with E-state index in [-0.39, 0.29) is 21.8 Å². The molecule has 2 aromatic rings. The fourth-order valence-electron chi connectivity index (χ4n) is 2.06. The van der Waals surface area contributed by atoms with E-state index in [4.69, 9.17) is 16.3 Å². The number of halogens is 2. The van der Waals surface area contributed by atoms with Crippen LogP contribution in [-0.4, -0.2) is 36.5 Å². The average molecular weight is 411 g/mol. The van der Waals surface area contributed by atoms with Crippen LogP contribution in [-0.2, 0) is 14.3 Å². The number of nitro benzene ring substituents is 1. The molecule has 0 atom stereocenters. The number of ether oxygens (including phenoxy) is 2. The minimum absolute atomic E-state index is 0.181. The molecule has 11 heteroatoms. The van der Waals surface area contributed by atoms with Gasteiger partial charge in [-0.15, -0.1) is 0 Å². The number of rotatable bonds is 6. The number of hydrogen-bond acceptors (Lipinski definition) is 7. The van der Waals surface area contributed by atoms with Gasteiger partial charge in [-0.05, 0) is 24.3 Å². The number of hydrogen-bond donors (Lipinski definition) is 1. The van der Waals surface area contributed by atoms with Crippen LogP contribution in [0.1, 0.15) is 20.7 Å². The molecule has 2 rings (SSSR count). The van der Waals surface area contributed by atoms with E-state index in [9.17, 15) is 28.9 Å². The van der Waals surface area contributed by atoms with Crippen LogP contribution in [0.25, 0.3) is 0 Å². The van der Waals surface area contributed by atoms with E-state index in [2.05, 4.69) is 10.1 Å². The summed E-state index contributed by atoms with van der Waals surface area (Å²) in [4.78, 5) is 45.7. The standard InChI is InChI=1S/C17H12ClFN2O7/c1-27-16(23)9-4-10(6-12(5-9)21(25)26)17(24)28-8-15(22)20-14-7-11(18)2-3-13(14)19/h2-7H,8H2,1H3,(H,20,22). The third kappa shape index (κ3) is 5.24. The second kappa shape index (κ2) is 8.91. The summed E-state index contributed by atoms with van der Waals surface area (Å²) < 4.78 is 22.8. The summed E-state index contributed by atoms with van der Waals surface area (Å²) in [5, 5.41) is 13.3. The first kappa shape index (κ1) is 20.8. The van der Waals surface area contributed by atoms with Crippen LogP contribution in [0.3, 0.4) is 0 Å². The molecular weight excluding hydrogens is 399 g/mol. The van der Waals surface area contributed by atoms with E-state index in [1.807, 2.05) is 0 Å². The fourth-order valence-corrected chi connectivity index (χ4v) is 2.24. The number of anilines is 1. The molecule has 0 bridgehead atoms. The molecule has 0 saturated carbocycles. The highest BCUT2D eigenvalue weighted by atomic mass is 35.5.